The van der Waals surface area contributed by atoms with Crippen LogP contribution in [0.4, 0.5) is 0 Å². The summed E-state index contributed by atoms with van der Waals surface area (Å²) in [5, 5.41) is 39.6. The smallest absolute Gasteiger partial charge is 0.326 e. The summed E-state index contributed by atoms with van der Waals surface area (Å²) in [4.78, 5) is 110. The van der Waals surface area contributed by atoms with Gasteiger partial charge >= 0.3 is 11.9 Å². The number of carbonyl (C=O) groups excluding carboxylic acids is 7. The number of primary amides is 2. The lowest BCUT2D eigenvalue weighted by Gasteiger charge is -2.25. The van der Waals surface area contributed by atoms with Gasteiger partial charge in [0.2, 0.25) is 41.4 Å². The predicted octanol–water partition coefficient (Wildman–Crippen LogP) is -3.94. The lowest BCUT2D eigenvalue weighted by molar-refractivity contribution is -0.143. The second-order valence-electron chi connectivity index (χ2n) is 11.6. The molecule has 0 radical (unpaired) electrons. The maximum absolute atomic E-state index is 13.4. The van der Waals surface area contributed by atoms with Crippen LogP contribution in [-0.4, -0.2) is 105 Å². The van der Waals surface area contributed by atoms with Crippen molar-refractivity contribution in [2.75, 3.05) is 6.54 Å². The Balaban J connectivity index is 3.20. The molecule has 1 aromatic carbocycles. The molecule has 20 nitrogen and oxygen atoms in total. The number of carboxylic acid groups (broad SMARTS) is 2. The summed E-state index contributed by atoms with van der Waals surface area (Å²) in [6, 6.07) is -1.96. The lowest BCUT2D eigenvalue weighted by atomic mass is 10.0. The highest BCUT2D eigenvalue weighted by atomic mass is 16.4. The number of hydrogen-bond acceptors (Lipinski definition) is 11. The van der Waals surface area contributed by atoms with Crippen LogP contribution in [0.25, 0.3) is 0 Å². The van der Waals surface area contributed by atoms with Crippen molar-refractivity contribution in [3.63, 3.8) is 0 Å². The first-order valence-electron chi connectivity index (χ1n) is 15.3. The fraction of sp³-hybridized carbons (Fsp3) is 0.500. The van der Waals surface area contributed by atoms with Crippen LogP contribution in [0, 0.1) is 5.92 Å². The molecule has 0 aliphatic rings. The minimum absolute atomic E-state index is 0.0963. The minimum atomic E-state index is -1.85. The monoisotopic (exact) mass is 708 g/mol. The summed E-state index contributed by atoms with van der Waals surface area (Å²) in [5.41, 5.74) is 16.5. The van der Waals surface area contributed by atoms with E-state index in [1.54, 1.807) is 13.8 Å². The van der Waals surface area contributed by atoms with Gasteiger partial charge in [-0.25, -0.2) is 4.79 Å². The van der Waals surface area contributed by atoms with Gasteiger partial charge in [0.05, 0.1) is 19.0 Å². The fourth-order valence-corrected chi connectivity index (χ4v) is 4.30. The van der Waals surface area contributed by atoms with E-state index in [-0.39, 0.29) is 25.0 Å². The molecule has 0 aliphatic heterocycles. The van der Waals surface area contributed by atoms with Crippen LogP contribution in [0.1, 0.15) is 51.5 Å². The maximum atomic E-state index is 13.4. The van der Waals surface area contributed by atoms with Gasteiger partial charge in [-0.3, -0.25) is 38.4 Å². The molecule has 20 heteroatoms. The highest BCUT2D eigenvalue weighted by Gasteiger charge is 2.32. The van der Waals surface area contributed by atoms with Crippen molar-refractivity contribution in [3.05, 3.63) is 29.8 Å². The van der Waals surface area contributed by atoms with Gasteiger partial charge < -0.3 is 59.1 Å². The first-order valence-corrected chi connectivity index (χ1v) is 15.3. The van der Waals surface area contributed by atoms with Crippen molar-refractivity contribution in [2.45, 2.75) is 82.6 Å². The van der Waals surface area contributed by atoms with Crippen LogP contribution in [0.5, 0.6) is 5.75 Å². The van der Waals surface area contributed by atoms with Crippen molar-refractivity contribution < 1.29 is 58.5 Å². The summed E-state index contributed by atoms with van der Waals surface area (Å²) >= 11 is 0. The molecule has 0 saturated heterocycles. The first-order chi connectivity index (χ1) is 23.3. The van der Waals surface area contributed by atoms with E-state index in [2.05, 4.69) is 26.6 Å². The number of amides is 7. The average Bonchev–Trinajstić information content (AvgIpc) is 3.02. The Hall–Kier alpha value is -5.79. The number of carboxylic acids is 2. The van der Waals surface area contributed by atoms with Crippen LogP contribution >= 0.6 is 0 Å². The van der Waals surface area contributed by atoms with Crippen LogP contribution in [0.2, 0.25) is 0 Å². The van der Waals surface area contributed by atoms with E-state index in [1.807, 2.05) is 0 Å². The van der Waals surface area contributed by atoms with Crippen molar-refractivity contribution in [1.29, 1.82) is 0 Å². The third-order valence-corrected chi connectivity index (χ3v) is 7.04. The zero-order valence-electron chi connectivity index (χ0n) is 27.5. The molecule has 0 heterocycles. The van der Waals surface area contributed by atoms with E-state index >= 15 is 0 Å². The number of aliphatic carboxylic acids is 2. The Morgan fingerprint density at radius 3 is 1.74 bits per heavy atom. The molecule has 0 aromatic heterocycles. The highest BCUT2D eigenvalue weighted by molar-refractivity contribution is 5.97. The number of phenolic OH excluding ortho intramolecular Hbond substituents is 1. The van der Waals surface area contributed by atoms with E-state index < -0.39 is 115 Å². The second-order valence-corrected chi connectivity index (χ2v) is 11.6. The average molecular weight is 709 g/mol. The number of nitrogens with two attached hydrogens (primary N) is 3. The number of benzene rings is 1. The Morgan fingerprint density at radius 1 is 0.700 bits per heavy atom. The van der Waals surface area contributed by atoms with Gasteiger partial charge in [0.25, 0.3) is 0 Å². The Morgan fingerprint density at radius 2 is 1.22 bits per heavy atom. The molecular weight excluding hydrogens is 664 g/mol. The predicted molar refractivity (Wildman–Crippen MR) is 172 cm³/mol. The molecule has 50 heavy (non-hydrogen) atoms. The Kier molecular flexibility index (Phi) is 17.4. The molecule has 0 saturated carbocycles. The summed E-state index contributed by atoms with van der Waals surface area (Å²) in [6.45, 7) is 2.36. The zero-order valence-corrected chi connectivity index (χ0v) is 27.5. The molecule has 7 amide bonds. The number of carbonyl (C=O) groups is 9. The molecule has 0 unspecified atom stereocenters. The molecule has 0 fully saturated rings. The third kappa shape index (κ3) is 15.9. The molecule has 0 spiro atoms. The molecule has 276 valence electrons. The molecule has 1 rings (SSSR count). The number of phenols is 1. The number of rotatable bonds is 22. The van der Waals surface area contributed by atoms with Gasteiger partial charge in [0, 0.05) is 19.3 Å². The summed E-state index contributed by atoms with van der Waals surface area (Å²) in [5.74, 6) is -10.1. The van der Waals surface area contributed by atoms with Crippen LogP contribution in [-0.2, 0) is 49.6 Å². The van der Waals surface area contributed by atoms with Crippen molar-refractivity contribution in [2.24, 2.45) is 23.1 Å². The molecule has 0 bridgehead atoms. The first kappa shape index (κ1) is 42.2. The standard InChI is InChI=1S/C30H44N8O12/c1-14(2)25(30(49)50)38-23(42)13-34-27(46)18(8-10-22(33)41)35-29(48)20(12-24(43)44)37-28(47)19(11-15-3-5-16(39)6-4-15)36-26(45)17(31)7-9-21(32)40/h3-6,14,17-20,25,39H,7-13,31H2,1-2H3,(H2,32,40)(H2,33,41)(H,34,46)(H,35,48)(H,36,45)(H,37,47)(H,38,42)(H,43,44)(H,49,50)/t17-,18-,19-,20-,25-/m0/s1. The van der Waals surface area contributed by atoms with Crippen LogP contribution < -0.4 is 43.8 Å². The number of hydrogen-bond donors (Lipinski definition) is 11. The van der Waals surface area contributed by atoms with Crippen molar-refractivity contribution in [3.8, 4) is 5.75 Å². The molecule has 5 atom stereocenters. The topological polar surface area (TPSA) is 353 Å². The number of nitrogens with one attached hydrogen (secondary N) is 5. The second kappa shape index (κ2) is 20.5. The largest absolute Gasteiger partial charge is 0.508 e. The number of aromatic hydroxyl groups is 1. The minimum Gasteiger partial charge on any atom is -0.508 e. The SMILES string of the molecule is CC(C)[C@H](NC(=O)CNC(=O)[C@H](CCC(N)=O)NC(=O)[C@H](CC(=O)O)NC(=O)[C@H](Cc1ccc(O)cc1)NC(=O)[C@@H](N)CCC(N)=O)C(=O)O. The van der Waals surface area contributed by atoms with E-state index in [0.717, 1.165) is 0 Å². The normalized spacial score (nSPS) is 13.8. The molecule has 0 aliphatic carbocycles. The summed E-state index contributed by atoms with van der Waals surface area (Å²) < 4.78 is 0. The van der Waals surface area contributed by atoms with Crippen molar-refractivity contribution in [1.82, 2.24) is 26.6 Å². The summed E-state index contributed by atoms with van der Waals surface area (Å²) in [7, 11) is 0. The maximum Gasteiger partial charge on any atom is 0.326 e. The van der Waals surface area contributed by atoms with E-state index in [9.17, 15) is 58.5 Å². The van der Waals surface area contributed by atoms with Crippen LogP contribution in [0.3, 0.4) is 0 Å². The van der Waals surface area contributed by atoms with Gasteiger partial charge in [-0.05, 0) is 36.5 Å². The summed E-state index contributed by atoms with van der Waals surface area (Å²) in [6.07, 6.45) is -2.48. The molecular formula is C30H44N8O12. The Labute approximate surface area is 286 Å². The van der Waals surface area contributed by atoms with E-state index in [0.29, 0.717) is 5.56 Å². The van der Waals surface area contributed by atoms with Gasteiger partial charge in [0.1, 0.15) is 29.9 Å². The molecule has 14 N–H and O–H groups in total. The Bertz CT molecular complexity index is 1420. The quantitative estimate of drug-likeness (QED) is 0.0549. The zero-order chi connectivity index (χ0) is 38.1. The van der Waals surface area contributed by atoms with Gasteiger partial charge in [-0.1, -0.05) is 26.0 Å². The lowest BCUT2D eigenvalue weighted by Crippen LogP contribution is -2.59. The fourth-order valence-electron chi connectivity index (χ4n) is 4.30. The highest BCUT2D eigenvalue weighted by Crippen LogP contribution is 2.12. The van der Waals surface area contributed by atoms with Gasteiger partial charge in [-0.2, -0.15) is 0 Å². The molecule has 1 aromatic rings. The van der Waals surface area contributed by atoms with E-state index in [4.69, 9.17) is 17.2 Å². The van der Waals surface area contributed by atoms with E-state index in [1.165, 1.54) is 24.3 Å². The van der Waals surface area contributed by atoms with Gasteiger partial charge in [-0.15, -0.1) is 0 Å². The third-order valence-electron chi connectivity index (χ3n) is 7.04. The van der Waals surface area contributed by atoms with Gasteiger partial charge in [0.15, 0.2) is 0 Å². The van der Waals surface area contributed by atoms with Crippen molar-refractivity contribution >= 4 is 53.3 Å². The van der Waals surface area contributed by atoms with Crippen LogP contribution in [0.15, 0.2) is 24.3 Å².